The van der Waals surface area contributed by atoms with E-state index in [1.807, 2.05) is 19.0 Å². The summed E-state index contributed by atoms with van der Waals surface area (Å²) >= 11 is 0. The number of carbonyl (C=O) groups is 1. The van der Waals surface area contributed by atoms with Crippen LogP contribution in [0.4, 0.5) is 10.5 Å². The second-order valence-corrected chi connectivity index (χ2v) is 6.21. The largest absolute Gasteiger partial charge is 0.378 e. The Morgan fingerprint density at radius 1 is 1.24 bits per heavy atom. The number of anilines is 1. The third-order valence-corrected chi connectivity index (χ3v) is 4.21. The third kappa shape index (κ3) is 4.66. The van der Waals surface area contributed by atoms with Gasteiger partial charge in [-0.1, -0.05) is 19.1 Å². The summed E-state index contributed by atoms with van der Waals surface area (Å²) in [6.45, 7) is 4.74. The molecule has 21 heavy (non-hydrogen) atoms. The fraction of sp³-hybridized carbons (Fsp3) is 0.588. The van der Waals surface area contributed by atoms with Crippen molar-refractivity contribution in [3.05, 3.63) is 29.8 Å². The van der Waals surface area contributed by atoms with Gasteiger partial charge in [0.05, 0.1) is 0 Å². The first kappa shape index (κ1) is 15.7. The van der Waals surface area contributed by atoms with Gasteiger partial charge >= 0.3 is 6.03 Å². The molecule has 0 atom stereocenters. The molecule has 0 radical (unpaired) electrons. The fourth-order valence-corrected chi connectivity index (χ4v) is 2.60. The predicted octanol–water partition coefficient (Wildman–Crippen LogP) is 2.74. The highest BCUT2D eigenvalue weighted by molar-refractivity contribution is 5.74. The lowest BCUT2D eigenvalue weighted by molar-refractivity contribution is 0.174. The lowest BCUT2D eigenvalue weighted by atomic mass is 10.00. The second-order valence-electron chi connectivity index (χ2n) is 6.21. The average Bonchev–Trinajstić information content (AvgIpc) is 2.48. The van der Waals surface area contributed by atoms with Gasteiger partial charge in [-0.15, -0.1) is 0 Å². The molecule has 4 nitrogen and oxygen atoms in total. The van der Waals surface area contributed by atoms with Gasteiger partial charge in [0, 0.05) is 39.4 Å². The van der Waals surface area contributed by atoms with Crippen LogP contribution in [0.1, 0.15) is 25.3 Å². The van der Waals surface area contributed by atoms with Gasteiger partial charge in [0.2, 0.25) is 0 Å². The summed E-state index contributed by atoms with van der Waals surface area (Å²) in [5.74, 6) is 0.754. The maximum absolute atomic E-state index is 12.0. The monoisotopic (exact) mass is 289 g/mol. The molecule has 1 aliphatic heterocycles. The number of piperidine rings is 1. The van der Waals surface area contributed by atoms with Crippen LogP contribution in [0, 0.1) is 5.92 Å². The lowest BCUT2D eigenvalue weighted by Crippen LogP contribution is -2.44. The molecule has 0 aliphatic carbocycles. The van der Waals surface area contributed by atoms with Gasteiger partial charge in [-0.3, -0.25) is 0 Å². The normalized spacial score (nSPS) is 15.9. The summed E-state index contributed by atoms with van der Waals surface area (Å²) in [6.07, 6.45) is 3.13. The summed E-state index contributed by atoms with van der Waals surface area (Å²) in [7, 11) is 4.07. The van der Waals surface area contributed by atoms with Gasteiger partial charge in [-0.25, -0.2) is 4.79 Å². The van der Waals surface area contributed by atoms with Crippen LogP contribution >= 0.6 is 0 Å². The molecule has 116 valence electrons. The average molecular weight is 289 g/mol. The van der Waals surface area contributed by atoms with Crippen molar-refractivity contribution in [2.75, 3.05) is 38.6 Å². The maximum atomic E-state index is 12.0. The maximum Gasteiger partial charge on any atom is 0.317 e. The summed E-state index contributed by atoms with van der Waals surface area (Å²) in [4.78, 5) is 16.1. The molecule has 0 bridgehead atoms. The van der Waals surface area contributed by atoms with Crippen molar-refractivity contribution >= 4 is 11.7 Å². The van der Waals surface area contributed by atoms with Crippen molar-refractivity contribution in [2.45, 2.75) is 26.2 Å². The topological polar surface area (TPSA) is 35.6 Å². The minimum absolute atomic E-state index is 0.0896. The molecule has 1 heterocycles. The standard InChI is InChI=1S/C17H27N3O/c1-14-9-12-20(13-10-14)17(21)18-11-8-15-4-6-16(7-5-15)19(2)3/h4-7,14H,8-13H2,1-3H3,(H,18,21). The highest BCUT2D eigenvalue weighted by atomic mass is 16.2. The molecule has 0 saturated carbocycles. The minimum atomic E-state index is 0.0896. The van der Waals surface area contributed by atoms with E-state index in [-0.39, 0.29) is 6.03 Å². The van der Waals surface area contributed by atoms with Crippen LogP contribution in [0.15, 0.2) is 24.3 Å². The van der Waals surface area contributed by atoms with Gasteiger partial charge in [0.15, 0.2) is 0 Å². The van der Waals surface area contributed by atoms with E-state index in [1.165, 1.54) is 11.3 Å². The number of urea groups is 1. The van der Waals surface area contributed by atoms with E-state index < -0.39 is 0 Å². The van der Waals surface area contributed by atoms with Gasteiger partial charge in [0.1, 0.15) is 0 Å². The van der Waals surface area contributed by atoms with Crippen molar-refractivity contribution in [3.63, 3.8) is 0 Å². The number of hydrogen-bond donors (Lipinski definition) is 1. The first-order valence-corrected chi connectivity index (χ1v) is 7.85. The van der Waals surface area contributed by atoms with Crippen LogP contribution in [0.2, 0.25) is 0 Å². The highest BCUT2D eigenvalue weighted by Gasteiger charge is 2.19. The van der Waals surface area contributed by atoms with Gasteiger partial charge in [-0.2, -0.15) is 0 Å². The molecule has 1 aromatic rings. The number of nitrogens with one attached hydrogen (secondary N) is 1. The number of carbonyl (C=O) groups excluding carboxylic acids is 1. The number of benzene rings is 1. The van der Waals surface area contributed by atoms with Gasteiger partial charge in [-0.05, 0) is 42.9 Å². The smallest absolute Gasteiger partial charge is 0.317 e. The zero-order chi connectivity index (χ0) is 15.2. The number of likely N-dealkylation sites (tertiary alicyclic amines) is 1. The van der Waals surface area contributed by atoms with Crippen LogP contribution in [0.25, 0.3) is 0 Å². The number of rotatable bonds is 4. The van der Waals surface area contributed by atoms with E-state index >= 15 is 0 Å². The summed E-state index contributed by atoms with van der Waals surface area (Å²) in [5.41, 5.74) is 2.46. The quantitative estimate of drug-likeness (QED) is 0.925. The first-order valence-electron chi connectivity index (χ1n) is 7.85. The van der Waals surface area contributed by atoms with Gasteiger partial charge in [0.25, 0.3) is 0 Å². The highest BCUT2D eigenvalue weighted by Crippen LogP contribution is 2.16. The molecule has 1 N–H and O–H groups in total. The minimum Gasteiger partial charge on any atom is -0.378 e. The van der Waals surface area contributed by atoms with E-state index in [2.05, 4.69) is 41.4 Å². The summed E-state index contributed by atoms with van der Waals surface area (Å²) < 4.78 is 0. The Hall–Kier alpha value is -1.71. The van der Waals surface area contributed by atoms with Crippen LogP contribution in [-0.4, -0.2) is 44.7 Å². The third-order valence-electron chi connectivity index (χ3n) is 4.21. The fourth-order valence-electron chi connectivity index (χ4n) is 2.60. The van der Waals surface area contributed by atoms with E-state index in [0.717, 1.165) is 38.3 Å². The van der Waals surface area contributed by atoms with Crippen LogP contribution in [0.5, 0.6) is 0 Å². The Labute approximate surface area is 128 Å². The SMILES string of the molecule is CC1CCN(C(=O)NCCc2ccc(N(C)C)cc2)CC1. The Kier molecular flexibility index (Phi) is 5.48. The zero-order valence-corrected chi connectivity index (χ0v) is 13.4. The van der Waals surface area contributed by atoms with Crippen molar-refractivity contribution in [2.24, 2.45) is 5.92 Å². The molecular weight excluding hydrogens is 262 g/mol. The Morgan fingerprint density at radius 2 is 1.86 bits per heavy atom. The van der Waals surface area contributed by atoms with Crippen LogP contribution < -0.4 is 10.2 Å². The molecule has 1 aliphatic rings. The molecule has 1 aromatic carbocycles. The van der Waals surface area contributed by atoms with Crippen molar-refractivity contribution in [1.29, 1.82) is 0 Å². The van der Waals surface area contributed by atoms with Gasteiger partial charge < -0.3 is 15.1 Å². The summed E-state index contributed by atoms with van der Waals surface area (Å²) in [5, 5.41) is 3.03. The Morgan fingerprint density at radius 3 is 2.43 bits per heavy atom. The van der Waals surface area contributed by atoms with E-state index in [1.54, 1.807) is 0 Å². The van der Waals surface area contributed by atoms with Crippen molar-refractivity contribution in [3.8, 4) is 0 Å². The second kappa shape index (κ2) is 7.34. The lowest BCUT2D eigenvalue weighted by Gasteiger charge is -2.30. The molecule has 4 heteroatoms. The predicted molar refractivity (Wildman–Crippen MR) is 87.8 cm³/mol. The van der Waals surface area contributed by atoms with Crippen molar-refractivity contribution in [1.82, 2.24) is 10.2 Å². The van der Waals surface area contributed by atoms with E-state index in [4.69, 9.17) is 0 Å². The molecule has 1 saturated heterocycles. The van der Waals surface area contributed by atoms with E-state index in [9.17, 15) is 4.79 Å². The molecule has 2 amide bonds. The number of hydrogen-bond acceptors (Lipinski definition) is 2. The number of nitrogens with zero attached hydrogens (tertiary/aromatic N) is 2. The van der Waals surface area contributed by atoms with Crippen molar-refractivity contribution < 1.29 is 4.79 Å². The Balaban J connectivity index is 1.72. The summed E-state index contributed by atoms with van der Waals surface area (Å²) in [6, 6.07) is 8.58. The zero-order valence-electron chi connectivity index (χ0n) is 13.4. The van der Waals surface area contributed by atoms with E-state index in [0.29, 0.717) is 6.54 Å². The first-order chi connectivity index (χ1) is 10.1. The number of amides is 2. The molecule has 0 aromatic heterocycles. The molecule has 2 rings (SSSR count). The molecule has 1 fully saturated rings. The molecular formula is C17H27N3O. The van der Waals surface area contributed by atoms with Crippen LogP contribution in [0.3, 0.4) is 0 Å². The Bertz CT molecular complexity index is 448. The molecule has 0 unspecified atom stereocenters. The molecule has 0 spiro atoms. The van der Waals surface area contributed by atoms with Crippen LogP contribution in [-0.2, 0) is 6.42 Å².